The van der Waals surface area contributed by atoms with Gasteiger partial charge in [-0.05, 0) is 43.5 Å². The lowest BCUT2D eigenvalue weighted by Crippen LogP contribution is -2.24. The van der Waals surface area contributed by atoms with Crippen molar-refractivity contribution < 1.29 is 40.6 Å². The van der Waals surface area contributed by atoms with Gasteiger partial charge in [-0.15, -0.1) is 13.2 Å². The summed E-state index contributed by atoms with van der Waals surface area (Å²) in [5, 5.41) is 9.11. The molecule has 0 saturated carbocycles. The standard InChI is InChI=1S/C28H32F6N2O3/c1-5-8-22-24(14-11-21(19(3)27(29,30)31)26(22)38-16-6-2)37-17-7-15-36(4)23-12-9-20(18-35)10-13-25(23)39-28(32,33)34/h9-12,14H,3,5-8,13,15-17H2,1-2,4H3. The van der Waals surface area contributed by atoms with Crippen molar-refractivity contribution in [3.05, 3.63) is 65.1 Å². The minimum atomic E-state index is -4.89. The lowest BCUT2D eigenvalue weighted by Gasteiger charge is -2.24. The van der Waals surface area contributed by atoms with Gasteiger partial charge in [0, 0.05) is 36.7 Å². The number of hydrogen-bond acceptors (Lipinski definition) is 5. The summed E-state index contributed by atoms with van der Waals surface area (Å²) in [5.74, 6) is 0.136. The monoisotopic (exact) mass is 558 g/mol. The van der Waals surface area contributed by atoms with Gasteiger partial charge in [0.2, 0.25) is 0 Å². The highest BCUT2D eigenvalue weighted by Crippen LogP contribution is 2.42. The number of hydrogen-bond donors (Lipinski definition) is 0. The van der Waals surface area contributed by atoms with Crippen LogP contribution in [0.25, 0.3) is 5.57 Å². The van der Waals surface area contributed by atoms with E-state index in [0.717, 1.165) is 0 Å². The number of alkyl halides is 6. The van der Waals surface area contributed by atoms with Crippen LogP contribution < -0.4 is 9.47 Å². The van der Waals surface area contributed by atoms with Crippen LogP contribution in [-0.2, 0) is 11.2 Å². The second kappa shape index (κ2) is 14.0. The quantitative estimate of drug-likeness (QED) is 0.182. The zero-order chi connectivity index (χ0) is 29.2. The fraction of sp³-hybridized carbons (Fsp3) is 0.464. The van der Waals surface area contributed by atoms with Crippen LogP contribution in [0.2, 0.25) is 0 Å². The van der Waals surface area contributed by atoms with E-state index in [2.05, 4.69) is 11.3 Å². The molecule has 1 aromatic carbocycles. The van der Waals surface area contributed by atoms with E-state index in [-0.39, 0.29) is 54.5 Å². The summed E-state index contributed by atoms with van der Waals surface area (Å²) >= 11 is 0. The van der Waals surface area contributed by atoms with E-state index in [1.165, 1.54) is 30.4 Å². The second-order valence-electron chi connectivity index (χ2n) is 8.78. The Kier molecular flexibility index (Phi) is 11.4. The topological polar surface area (TPSA) is 54.7 Å². The SMILES string of the molecule is C=C(c1ccc(OCCCN(C)C2=C(OC(F)(F)F)CC=C(C#N)C=C2)c(CCC)c1OCCC)C(F)(F)F. The van der Waals surface area contributed by atoms with Crippen molar-refractivity contribution in [2.75, 3.05) is 26.8 Å². The number of allylic oxidation sites excluding steroid dienone is 5. The van der Waals surface area contributed by atoms with Gasteiger partial charge in [0.1, 0.15) is 17.3 Å². The van der Waals surface area contributed by atoms with E-state index in [9.17, 15) is 26.3 Å². The summed E-state index contributed by atoms with van der Waals surface area (Å²) in [6, 6.07) is 4.64. The van der Waals surface area contributed by atoms with Crippen LogP contribution in [0.1, 0.15) is 50.7 Å². The molecule has 5 nitrogen and oxygen atoms in total. The lowest BCUT2D eigenvalue weighted by atomic mass is 9.98. The Hall–Kier alpha value is -3.55. The van der Waals surface area contributed by atoms with Crippen molar-refractivity contribution >= 4 is 5.57 Å². The molecule has 2 rings (SSSR count). The van der Waals surface area contributed by atoms with E-state index in [1.807, 2.05) is 19.9 Å². The van der Waals surface area contributed by atoms with Crippen LogP contribution in [-0.4, -0.2) is 44.2 Å². The smallest absolute Gasteiger partial charge is 0.493 e. The van der Waals surface area contributed by atoms with E-state index < -0.39 is 18.1 Å². The molecule has 0 atom stereocenters. The first kappa shape index (κ1) is 31.7. The first-order valence-corrected chi connectivity index (χ1v) is 12.5. The average Bonchev–Trinajstić information content (AvgIpc) is 3.06. The Balaban J connectivity index is 2.21. The van der Waals surface area contributed by atoms with Crippen molar-refractivity contribution in [2.24, 2.45) is 0 Å². The molecule has 0 heterocycles. The highest BCUT2D eigenvalue weighted by Gasteiger charge is 2.36. The van der Waals surface area contributed by atoms with Crippen molar-refractivity contribution in [3.8, 4) is 17.6 Å². The van der Waals surface area contributed by atoms with Gasteiger partial charge in [-0.3, -0.25) is 0 Å². The largest absolute Gasteiger partial charge is 0.572 e. The maximum Gasteiger partial charge on any atom is 0.572 e. The Bertz CT molecular complexity index is 1140. The summed E-state index contributed by atoms with van der Waals surface area (Å²) in [6.45, 7) is 7.58. The third-order valence-corrected chi connectivity index (χ3v) is 5.72. The van der Waals surface area contributed by atoms with Crippen LogP contribution >= 0.6 is 0 Å². The van der Waals surface area contributed by atoms with Crippen LogP contribution in [0.4, 0.5) is 26.3 Å². The summed E-state index contributed by atoms with van der Waals surface area (Å²) in [7, 11) is 1.59. The summed E-state index contributed by atoms with van der Waals surface area (Å²) in [5.41, 5.74) is -0.250. The second-order valence-corrected chi connectivity index (χ2v) is 8.78. The number of halogens is 6. The molecule has 1 aliphatic carbocycles. The Morgan fingerprint density at radius 1 is 1.05 bits per heavy atom. The van der Waals surface area contributed by atoms with E-state index in [0.29, 0.717) is 37.0 Å². The Morgan fingerprint density at radius 3 is 2.36 bits per heavy atom. The average molecular weight is 559 g/mol. The van der Waals surface area contributed by atoms with Gasteiger partial charge in [0.25, 0.3) is 0 Å². The van der Waals surface area contributed by atoms with Crippen molar-refractivity contribution in [1.82, 2.24) is 4.90 Å². The third-order valence-electron chi connectivity index (χ3n) is 5.72. The number of rotatable bonds is 13. The molecule has 11 heteroatoms. The molecule has 1 aliphatic rings. The van der Waals surface area contributed by atoms with Gasteiger partial charge in [-0.2, -0.15) is 18.4 Å². The van der Waals surface area contributed by atoms with Gasteiger partial charge >= 0.3 is 12.5 Å². The molecule has 0 spiro atoms. The van der Waals surface area contributed by atoms with Gasteiger partial charge in [-0.25, -0.2) is 0 Å². The molecule has 0 N–H and O–H groups in total. The molecular formula is C28H32F6N2O3. The van der Waals surface area contributed by atoms with E-state index >= 15 is 0 Å². The zero-order valence-corrected chi connectivity index (χ0v) is 22.1. The molecule has 39 heavy (non-hydrogen) atoms. The zero-order valence-electron chi connectivity index (χ0n) is 22.1. The van der Waals surface area contributed by atoms with Crippen molar-refractivity contribution in [2.45, 2.75) is 58.5 Å². The molecule has 0 aromatic heterocycles. The maximum absolute atomic E-state index is 13.4. The fourth-order valence-corrected chi connectivity index (χ4v) is 3.89. The molecule has 0 bridgehead atoms. The lowest BCUT2D eigenvalue weighted by molar-refractivity contribution is -0.306. The molecule has 0 amide bonds. The highest BCUT2D eigenvalue weighted by atomic mass is 19.4. The molecule has 1 aromatic rings. The fourth-order valence-electron chi connectivity index (χ4n) is 3.89. The van der Waals surface area contributed by atoms with Crippen LogP contribution in [0.3, 0.4) is 0 Å². The predicted octanol–water partition coefficient (Wildman–Crippen LogP) is 7.86. The number of ether oxygens (including phenoxy) is 3. The maximum atomic E-state index is 13.4. The van der Waals surface area contributed by atoms with Crippen molar-refractivity contribution in [1.29, 1.82) is 5.26 Å². The predicted molar refractivity (Wildman–Crippen MR) is 136 cm³/mol. The molecule has 0 saturated heterocycles. The summed E-state index contributed by atoms with van der Waals surface area (Å²) in [6.07, 6.45) is -3.54. The Morgan fingerprint density at radius 2 is 1.77 bits per heavy atom. The molecule has 0 fully saturated rings. The van der Waals surface area contributed by atoms with Gasteiger partial charge in [0.05, 0.1) is 30.6 Å². The number of likely N-dealkylation sites (N-methyl/N-ethyl adjacent to an activating group) is 1. The molecule has 0 unspecified atom stereocenters. The molecule has 0 radical (unpaired) electrons. The third kappa shape index (κ3) is 9.30. The molecule has 0 aliphatic heterocycles. The molecular weight excluding hydrogens is 526 g/mol. The van der Waals surface area contributed by atoms with Gasteiger partial charge in [-0.1, -0.05) is 32.9 Å². The van der Waals surface area contributed by atoms with E-state index in [4.69, 9.17) is 14.7 Å². The molecule has 214 valence electrons. The summed E-state index contributed by atoms with van der Waals surface area (Å²) in [4.78, 5) is 1.56. The number of nitrogens with zero attached hydrogens (tertiary/aromatic N) is 2. The highest BCUT2D eigenvalue weighted by molar-refractivity contribution is 5.75. The van der Waals surface area contributed by atoms with Gasteiger partial charge in [0.15, 0.2) is 0 Å². The number of benzene rings is 1. The minimum Gasteiger partial charge on any atom is -0.493 e. The first-order valence-electron chi connectivity index (χ1n) is 12.5. The Labute approximate surface area is 224 Å². The summed E-state index contributed by atoms with van der Waals surface area (Å²) < 4.78 is 95.0. The van der Waals surface area contributed by atoms with Gasteiger partial charge < -0.3 is 19.1 Å². The minimum absolute atomic E-state index is 0.0964. The van der Waals surface area contributed by atoms with Crippen molar-refractivity contribution in [3.63, 3.8) is 0 Å². The van der Waals surface area contributed by atoms with Crippen LogP contribution in [0.5, 0.6) is 11.5 Å². The van der Waals surface area contributed by atoms with Crippen LogP contribution in [0.15, 0.2) is 54.0 Å². The number of nitriles is 1. The van der Waals surface area contributed by atoms with E-state index in [1.54, 1.807) is 11.9 Å². The first-order chi connectivity index (χ1) is 18.3. The van der Waals surface area contributed by atoms with Crippen LogP contribution in [0, 0.1) is 11.3 Å². The normalized spacial score (nSPS) is 13.9.